The van der Waals surface area contributed by atoms with Crippen LogP contribution in [0, 0.1) is 10.8 Å². The molecule has 0 aliphatic rings. The summed E-state index contributed by atoms with van der Waals surface area (Å²) in [7, 11) is 0. The Labute approximate surface area is 187 Å². The minimum absolute atomic E-state index is 0.500. The summed E-state index contributed by atoms with van der Waals surface area (Å²) in [6.07, 6.45) is 1.25. The maximum Gasteiger partial charge on any atom is -0.0411 e. The summed E-state index contributed by atoms with van der Waals surface area (Å²) in [5, 5.41) is 0. The van der Waals surface area contributed by atoms with Gasteiger partial charge in [0.25, 0.3) is 0 Å². The third-order valence-corrected chi connectivity index (χ3v) is 1.33. The average molecular weight is 405 g/mol. The summed E-state index contributed by atoms with van der Waals surface area (Å²) in [5.74, 6) is 0. The highest BCUT2D eigenvalue weighted by molar-refractivity contribution is 4.99. The molecule has 0 heteroatoms. The quantitative estimate of drug-likeness (QED) is 0.409. The van der Waals surface area contributed by atoms with Crippen molar-refractivity contribution in [2.24, 2.45) is 10.8 Å². The van der Waals surface area contributed by atoms with Gasteiger partial charge in [0.1, 0.15) is 0 Å². The molecule has 2 rings (SSSR count). The molecule has 0 N–H and O–H groups in total. The molecular formula is C29H56. The van der Waals surface area contributed by atoms with Gasteiger partial charge in [-0.2, -0.15) is 0 Å². The molecule has 0 saturated carbocycles. The van der Waals surface area contributed by atoms with Crippen LogP contribution in [0.15, 0.2) is 72.8 Å². The van der Waals surface area contributed by atoms with Crippen LogP contribution in [0.25, 0.3) is 0 Å². The Hall–Kier alpha value is -1.56. The Morgan fingerprint density at radius 2 is 0.379 bits per heavy atom. The van der Waals surface area contributed by atoms with Gasteiger partial charge in [0.2, 0.25) is 0 Å². The fraction of sp³-hybridized carbons (Fsp3) is 0.586. The van der Waals surface area contributed by atoms with E-state index in [0.717, 1.165) is 0 Å². The average Bonchev–Trinajstić information content (AvgIpc) is 2.66. The van der Waals surface area contributed by atoms with Gasteiger partial charge in [-0.25, -0.2) is 0 Å². The monoisotopic (exact) mass is 404 g/mol. The van der Waals surface area contributed by atoms with Gasteiger partial charge >= 0.3 is 0 Å². The van der Waals surface area contributed by atoms with Crippen molar-refractivity contribution in [1.29, 1.82) is 0 Å². The topological polar surface area (TPSA) is 0 Å². The van der Waals surface area contributed by atoms with E-state index in [0.29, 0.717) is 10.8 Å². The Kier molecular flexibility index (Phi) is 40.9. The second-order valence-corrected chi connectivity index (χ2v) is 9.02. The van der Waals surface area contributed by atoms with E-state index in [-0.39, 0.29) is 0 Å². The van der Waals surface area contributed by atoms with Crippen molar-refractivity contribution >= 4 is 0 Å². The third kappa shape index (κ3) is 145. The summed E-state index contributed by atoms with van der Waals surface area (Å²) in [4.78, 5) is 0. The molecule has 0 aliphatic carbocycles. The van der Waals surface area contributed by atoms with E-state index in [1.165, 1.54) is 6.42 Å². The Balaban J connectivity index is -0.0000000805. The van der Waals surface area contributed by atoms with Gasteiger partial charge in [-0.1, -0.05) is 176 Å². The van der Waals surface area contributed by atoms with Crippen LogP contribution in [0.5, 0.6) is 0 Å². The molecule has 0 nitrogen and oxygen atoms in total. The molecule has 2 aromatic carbocycles. The van der Waals surface area contributed by atoms with Gasteiger partial charge in [-0.3, -0.25) is 0 Å². The lowest BCUT2D eigenvalue weighted by molar-refractivity contribution is 0.469. The van der Waals surface area contributed by atoms with E-state index < -0.39 is 0 Å². The Morgan fingerprint density at radius 3 is 0.414 bits per heavy atom. The van der Waals surface area contributed by atoms with Crippen LogP contribution in [0.3, 0.4) is 0 Å². The lowest BCUT2D eigenvalue weighted by atomic mass is 10.0. The standard InChI is InChI=1S/2C6H6.2C5H12.C3H8.2C2H6/c2*1-2-4-6-5-3-1;2*1-5(2,3)4;1-3-2;2*1-2/h2*1-6H;2*1-4H3;3H2,1-2H3;2*1-2H3. The zero-order valence-electron chi connectivity index (χ0n) is 22.6. The SMILES string of the molecule is CC.CC.CC(C)(C)C.CC(C)(C)C.CCC.c1ccccc1.c1ccccc1. The molecule has 29 heavy (non-hydrogen) atoms. The normalized spacial score (nSPS) is 8.48. The summed E-state index contributed by atoms with van der Waals surface area (Å²) in [5.41, 5.74) is 1.00. The third-order valence-electron chi connectivity index (χ3n) is 1.33. The molecule has 0 aromatic heterocycles. The molecule has 2 aromatic rings. The fourth-order valence-electron chi connectivity index (χ4n) is 0.770. The van der Waals surface area contributed by atoms with Gasteiger partial charge in [0, 0.05) is 0 Å². The predicted octanol–water partition coefficient (Wildman–Crippen LogP) is 10.9. The predicted molar refractivity (Wildman–Crippen MR) is 142 cm³/mol. The second-order valence-electron chi connectivity index (χ2n) is 9.02. The fourth-order valence-corrected chi connectivity index (χ4v) is 0.770. The molecule has 0 bridgehead atoms. The summed E-state index contributed by atoms with van der Waals surface area (Å²) in [6.45, 7) is 29.8. The van der Waals surface area contributed by atoms with E-state index >= 15 is 0 Å². The van der Waals surface area contributed by atoms with Crippen LogP contribution in [-0.4, -0.2) is 0 Å². The highest BCUT2D eigenvalue weighted by Crippen LogP contribution is 2.08. The molecule has 0 spiro atoms. The first kappa shape index (κ1) is 38.1. The number of benzene rings is 2. The van der Waals surface area contributed by atoms with Gasteiger partial charge in [-0.05, 0) is 10.8 Å². The van der Waals surface area contributed by atoms with Crippen molar-refractivity contribution in [3.05, 3.63) is 72.8 Å². The highest BCUT2D eigenvalue weighted by atomic mass is 14.0. The van der Waals surface area contributed by atoms with Crippen LogP contribution < -0.4 is 0 Å². The van der Waals surface area contributed by atoms with Crippen LogP contribution >= 0.6 is 0 Å². The zero-order chi connectivity index (χ0) is 24.2. The maximum atomic E-state index is 2.19. The van der Waals surface area contributed by atoms with Gasteiger partial charge < -0.3 is 0 Å². The highest BCUT2D eigenvalue weighted by Gasteiger charge is 1.96. The maximum absolute atomic E-state index is 2.19. The van der Waals surface area contributed by atoms with E-state index in [9.17, 15) is 0 Å². The summed E-state index contributed by atoms with van der Waals surface area (Å²) < 4.78 is 0. The molecule has 0 radical (unpaired) electrons. The molecule has 0 aliphatic heterocycles. The van der Waals surface area contributed by atoms with Crippen LogP contribution in [0.4, 0.5) is 0 Å². The van der Waals surface area contributed by atoms with Crippen molar-refractivity contribution in [2.45, 2.75) is 103 Å². The Bertz CT molecular complexity index is 306. The zero-order valence-corrected chi connectivity index (χ0v) is 22.6. The number of hydrogen-bond donors (Lipinski definition) is 0. The van der Waals surface area contributed by atoms with E-state index in [2.05, 4.69) is 69.2 Å². The first-order chi connectivity index (χ1) is 13.4. The molecule has 0 fully saturated rings. The van der Waals surface area contributed by atoms with Crippen molar-refractivity contribution in [2.75, 3.05) is 0 Å². The summed E-state index contributed by atoms with van der Waals surface area (Å²) >= 11 is 0. The molecule has 0 saturated heterocycles. The van der Waals surface area contributed by atoms with Crippen LogP contribution in [0.2, 0.25) is 0 Å². The molecule has 0 heterocycles. The Morgan fingerprint density at radius 1 is 0.345 bits per heavy atom. The van der Waals surface area contributed by atoms with E-state index in [1.807, 2.05) is 100 Å². The minimum Gasteiger partial charge on any atom is -0.0683 e. The first-order valence-electron chi connectivity index (χ1n) is 11.4. The molecular weight excluding hydrogens is 348 g/mol. The van der Waals surface area contributed by atoms with Gasteiger partial charge in [-0.15, -0.1) is 0 Å². The minimum atomic E-state index is 0.500. The molecule has 0 amide bonds. The van der Waals surface area contributed by atoms with Gasteiger partial charge in [0.05, 0.1) is 0 Å². The smallest absolute Gasteiger partial charge is 0.0411 e. The second kappa shape index (κ2) is 31.1. The van der Waals surface area contributed by atoms with Crippen LogP contribution in [-0.2, 0) is 0 Å². The molecule has 0 atom stereocenters. The number of hydrogen-bond acceptors (Lipinski definition) is 0. The van der Waals surface area contributed by atoms with Crippen molar-refractivity contribution in [3.63, 3.8) is 0 Å². The summed E-state index contributed by atoms with van der Waals surface area (Å²) in [6, 6.07) is 24.0. The first-order valence-corrected chi connectivity index (χ1v) is 11.4. The lowest BCUT2D eigenvalue weighted by Gasteiger charge is -2.05. The number of rotatable bonds is 0. The van der Waals surface area contributed by atoms with E-state index in [1.54, 1.807) is 0 Å². The largest absolute Gasteiger partial charge is 0.0683 e. The van der Waals surface area contributed by atoms with Crippen molar-refractivity contribution < 1.29 is 0 Å². The molecule has 172 valence electrons. The van der Waals surface area contributed by atoms with Crippen LogP contribution in [0.1, 0.15) is 103 Å². The van der Waals surface area contributed by atoms with E-state index in [4.69, 9.17) is 0 Å². The van der Waals surface area contributed by atoms with Crippen molar-refractivity contribution in [1.82, 2.24) is 0 Å². The molecule has 0 unspecified atom stereocenters. The lowest BCUT2D eigenvalue weighted by Crippen LogP contribution is -1.93. The van der Waals surface area contributed by atoms with Crippen molar-refractivity contribution in [3.8, 4) is 0 Å². The van der Waals surface area contributed by atoms with Gasteiger partial charge in [0.15, 0.2) is 0 Å².